The van der Waals surface area contributed by atoms with E-state index in [9.17, 15) is 4.79 Å². The van der Waals surface area contributed by atoms with Gasteiger partial charge in [-0.2, -0.15) is 0 Å². The molecule has 25 heavy (non-hydrogen) atoms. The molecule has 0 radical (unpaired) electrons. The van der Waals surface area contributed by atoms with Gasteiger partial charge in [0.05, 0.1) is 12.2 Å². The van der Waals surface area contributed by atoms with Gasteiger partial charge < -0.3 is 20.1 Å². The number of aliphatic hydroxyl groups excluding tert-OH is 1. The first-order chi connectivity index (χ1) is 12.2. The molecular weight excluding hydrogens is 384 g/mol. The monoisotopic (exact) mass is 402 g/mol. The fourth-order valence-electron chi connectivity index (χ4n) is 3.21. The second kappa shape index (κ2) is 6.69. The molecular formula is C19H19BrN2O3. The quantitative estimate of drug-likeness (QED) is 0.802. The van der Waals surface area contributed by atoms with Gasteiger partial charge in [0.15, 0.2) is 0 Å². The van der Waals surface area contributed by atoms with Gasteiger partial charge in [-0.05, 0) is 37.1 Å². The van der Waals surface area contributed by atoms with Crippen LogP contribution in [0.4, 0.5) is 5.69 Å². The topological polar surface area (TPSA) is 61.8 Å². The number of halogens is 1. The molecule has 4 rings (SSSR count). The first-order valence-electron chi connectivity index (χ1n) is 8.40. The molecule has 1 atom stereocenters. The summed E-state index contributed by atoms with van der Waals surface area (Å²) in [5.41, 5.74) is 2.58. The fourth-order valence-corrected chi connectivity index (χ4v) is 3.78. The van der Waals surface area contributed by atoms with Crippen molar-refractivity contribution < 1.29 is 14.6 Å². The number of fused-ring (bicyclic) bond motifs is 1. The highest BCUT2D eigenvalue weighted by Gasteiger charge is 2.42. The number of nitrogens with one attached hydrogen (secondary N) is 1. The summed E-state index contributed by atoms with van der Waals surface area (Å²) in [7, 11) is 0. The van der Waals surface area contributed by atoms with Crippen LogP contribution in [0.3, 0.4) is 0 Å². The van der Waals surface area contributed by atoms with Gasteiger partial charge in [-0.1, -0.05) is 34.1 Å². The van der Waals surface area contributed by atoms with E-state index in [1.807, 2.05) is 47.4 Å². The fraction of sp³-hybridized carbons (Fsp3) is 0.316. The normalized spacial score (nSPS) is 19.4. The van der Waals surface area contributed by atoms with Crippen molar-refractivity contribution in [2.24, 2.45) is 0 Å². The molecule has 1 amide bonds. The summed E-state index contributed by atoms with van der Waals surface area (Å²) < 4.78 is 6.33. The maximum atomic E-state index is 13.0. The van der Waals surface area contributed by atoms with Crippen LogP contribution < -0.4 is 10.1 Å². The molecule has 5 nitrogen and oxygen atoms in total. The number of hydrogen-bond donors (Lipinski definition) is 2. The van der Waals surface area contributed by atoms with Gasteiger partial charge in [0, 0.05) is 21.8 Å². The zero-order valence-electron chi connectivity index (χ0n) is 13.6. The van der Waals surface area contributed by atoms with Crippen LogP contribution in [-0.2, 0) is 0 Å². The zero-order valence-corrected chi connectivity index (χ0v) is 15.2. The molecule has 0 unspecified atom stereocenters. The number of para-hydroxylation sites is 1. The second-order valence-electron chi connectivity index (χ2n) is 6.29. The van der Waals surface area contributed by atoms with Crippen molar-refractivity contribution in [1.29, 1.82) is 0 Å². The minimum atomic E-state index is -0.212. The number of amides is 1. The van der Waals surface area contributed by atoms with Crippen LogP contribution in [-0.4, -0.2) is 35.2 Å². The molecule has 1 aliphatic heterocycles. The predicted octanol–water partition coefficient (Wildman–Crippen LogP) is 3.55. The van der Waals surface area contributed by atoms with Gasteiger partial charge in [-0.15, -0.1) is 0 Å². The molecule has 6 heteroatoms. The molecule has 0 aromatic heterocycles. The highest BCUT2D eigenvalue weighted by molar-refractivity contribution is 9.10. The Hall–Kier alpha value is -2.05. The van der Waals surface area contributed by atoms with Crippen LogP contribution in [0.5, 0.6) is 5.75 Å². The Kier molecular flexibility index (Phi) is 4.39. The van der Waals surface area contributed by atoms with Crippen molar-refractivity contribution in [1.82, 2.24) is 4.90 Å². The molecule has 1 heterocycles. The van der Waals surface area contributed by atoms with Crippen molar-refractivity contribution in [3.8, 4) is 5.75 Å². The molecule has 130 valence electrons. The molecule has 2 aliphatic rings. The van der Waals surface area contributed by atoms with Gasteiger partial charge in [0.1, 0.15) is 18.5 Å². The van der Waals surface area contributed by atoms with E-state index in [-0.39, 0.29) is 31.3 Å². The Morgan fingerprint density at radius 2 is 2.04 bits per heavy atom. The number of aliphatic hydroxyl groups is 1. The standard InChI is InChI=1S/C19H19BrN2O3/c20-16-11-13(25-10-9-23)7-8-14(16)18-21-17-4-2-1-3-15(17)19(24)22(18)12-5-6-12/h1-4,7-8,11-12,18,21,23H,5-6,9-10H2/t18-/m0/s1. The van der Waals surface area contributed by atoms with E-state index in [0.717, 1.165) is 34.1 Å². The van der Waals surface area contributed by atoms with Crippen LogP contribution in [0.1, 0.15) is 34.9 Å². The van der Waals surface area contributed by atoms with E-state index < -0.39 is 0 Å². The maximum Gasteiger partial charge on any atom is 0.258 e. The number of carbonyl (C=O) groups excluding carboxylic acids is 1. The summed E-state index contributed by atoms with van der Waals surface area (Å²) in [4.78, 5) is 15.0. The summed E-state index contributed by atoms with van der Waals surface area (Å²) in [6, 6.07) is 13.6. The smallest absolute Gasteiger partial charge is 0.258 e. The third-order valence-corrected chi connectivity index (χ3v) is 5.22. The number of rotatable bonds is 5. The van der Waals surface area contributed by atoms with Crippen LogP contribution in [0, 0.1) is 0 Å². The summed E-state index contributed by atoms with van der Waals surface area (Å²) in [6.07, 6.45) is 1.87. The van der Waals surface area contributed by atoms with Crippen LogP contribution in [0.2, 0.25) is 0 Å². The minimum Gasteiger partial charge on any atom is -0.491 e. The molecule has 1 fully saturated rings. The summed E-state index contributed by atoms with van der Waals surface area (Å²) in [5, 5.41) is 12.4. The lowest BCUT2D eigenvalue weighted by Crippen LogP contribution is -2.44. The lowest BCUT2D eigenvalue weighted by Gasteiger charge is -2.38. The second-order valence-corrected chi connectivity index (χ2v) is 7.15. The summed E-state index contributed by atoms with van der Waals surface area (Å²) in [5.74, 6) is 0.763. The number of nitrogens with zero attached hydrogens (tertiary/aromatic N) is 1. The highest BCUT2D eigenvalue weighted by atomic mass is 79.9. The molecule has 0 saturated heterocycles. The Bertz CT molecular complexity index is 807. The molecule has 2 N–H and O–H groups in total. The molecule has 0 bridgehead atoms. The maximum absolute atomic E-state index is 13.0. The largest absolute Gasteiger partial charge is 0.491 e. The van der Waals surface area contributed by atoms with Gasteiger partial charge >= 0.3 is 0 Å². The van der Waals surface area contributed by atoms with E-state index in [2.05, 4.69) is 21.2 Å². The van der Waals surface area contributed by atoms with E-state index in [1.165, 1.54) is 0 Å². The van der Waals surface area contributed by atoms with Crippen molar-refractivity contribution >= 4 is 27.5 Å². The lowest BCUT2D eigenvalue weighted by molar-refractivity contribution is 0.0666. The van der Waals surface area contributed by atoms with Crippen molar-refractivity contribution in [3.63, 3.8) is 0 Å². The SMILES string of the molecule is O=C1c2ccccc2N[C@H](c2ccc(OCCO)cc2Br)N1C1CC1. The van der Waals surface area contributed by atoms with Gasteiger partial charge in [0.25, 0.3) is 5.91 Å². The van der Waals surface area contributed by atoms with Crippen LogP contribution in [0.25, 0.3) is 0 Å². The van der Waals surface area contributed by atoms with Crippen molar-refractivity contribution in [2.45, 2.75) is 25.0 Å². The van der Waals surface area contributed by atoms with E-state index in [4.69, 9.17) is 9.84 Å². The zero-order chi connectivity index (χ0) is 17.4. The van der Waals surface area contributed by atoms with E-state index in [0.29, 0.717) is 5.75 Å². The van der Waals surface area contributed by atoms with E-state index in [1.54, 1.807) is 0 Å². The lowest BCUT2D eigenvalue weighted by atomic mass is 10.0. The van der Waals surface area contributed by atoms with Gasteiger partial charge in [0.2, 0.25) is 0 Å². The minimum absolute atomic E-state index is 0.0235. The van der Waals surface area contributed by atoms with Crippen LogP contribution in [0.15, 0.2) is 46.9 Å². The molecule has 2 aromatic carbocycles. The molecule has 1 saturated carbocycles. The van der Waals surface area contributed by atoms with Crippen molar-refractivity contribution in [2.75, 3.05) is 18.5 Å². The molecule has 0 spiro atoms. The first kappa shape index (κ1) is 16.4. The first-order valence-corrected chi connectivity index (χ1v) is 9.19. The van der Waals surface area contributed by atoms with Crippen molar-refractivity contribution in [3.05, 3.63) is 58.1 Å². The highest BCUT2D eigenvalue weighted by Crippen LogP contribution is 2.42. The summed E-state index contributed by atoms with van der Waals surface area (Å²) >= 11 is 3.61. The van der Waals surface area contributed by atoms with Gasteiger partial charge in [-0.3, -0.25) is 4.79 Å². The summed E-state index contributed by atoms with van der Waals surface area (Å²) in [6.45, 7) is 0.234. The number of anilines is 1. The third-order valence-electron chi connectivity index (χ3n) is 4.53. The average Bonchev–Trinajstić information content (AvgIpc) is 3.45. The molecule has 1 aliphatic carbocycles. The number of carbonyl (C=O) groups is 1. The van der Waals surface area contributed by atoms with Gasteiger partial charge in [-0.25, -0.2) is 0 Å². The third kappa shape index (κ3) is 3.12. The average molecular weight is 403 g/mol. The Labute approximate surface area is 154 Å². The number of ether oxygens (including phenoxy) is 1. The Morgan fingerprint density at radius 1 is 1.24 bits per heavy atom. The van der Waals surface area contributed by atoms with E-state index >= 15 is 0 Å². The number of hydrogen-bond acceptors (Lipinski definition) is 4. The van der Waals surface area contributed by atoms with Crippen LogP contribution >= 0.6 is 15.9 Å². The Balaban J connectivity index is 1.70. The predicted molar refractivity (Wildman–Crippen MR) is 98.7 cm³/mol. The molecule has 2 aromatic rings. The number of benzene rings is 2. The Morgan fingerprint density at radius 3 is 2.76 bits per heavy atom.